The molecule has 1 saturated heterocycles. The zero-order valence-electron chi connectivity index (χ0n) is 16.6. The minimum atomic E-state index is -3.93. The van der Waals surface area contributed by atoms with Crippen LogP contribution in [0.3, 0.4) is 0 Å². The summed E-state index contributed by atoms with van der Waals surface area (Å²) >= 11 is 6.07. The molecule has 2 heterocycles. The van der Waals surface area contributed by atoms with Gasteiger partial charge in [-0.2, -0.15) is 9.40 Å². The molecular weight excluding hydrogens is 452 g/mol. The Bertz CT molecular complexity index is 1150. The van der Waals surface area contributed by atoms with Gasteiger partial charge in [-0.15, -0.1) is 0 Å². The first-order valence-corrected chi connectivity index (χ1v) is 13.0. The Hall–Kier alpha value is -1.95. The number of halogens is 1. The van der Waals surface area contributed by atoms with Crippen LogP contribution in [-0.4, -0.2) is 62.7 Å². The van der Waals surface area contributed by atoms with E-state index in [-0.39, 0.29) is 39.7 Å². The van der Waals surface area contributed by atoms with E-state index in [4.69, 9.17) is 11.6 Å². The van der Waals surface area contributed by atoms with Crippen LogP contribution in [0.2, 0.25) is 5.02 Å². The third kappa shape index (κ3) is 5.02. The van der Waals surface area contributed by atoms with E-state index in [1.54, 1.807) is 17.9 Å². The van der Waals surface area contributed by atoms with Crippen molar-refractivity contribution in [1.29, 1.82) is 0 Å². The number of benzene rings is 1. The van der Waals surface area contributed by atoms with Crippen LogP contribution in [0, 0.1) is 5.92 Å². The quantitative estimate of drug-likeness (QED) is 0.674. The fourth-order valence-corrected chi connectivity index (χ4v) is 5.97. The minimum absolute atomic E-state index is 0.0201. The predicted molar refractivity (Wildman–Crippen MR) is 112 cm³/mol. The number of carbonyl (C=O) groups excluding carboxylic acids is 1. The average molecular weight is 475 g/mol. The first-order valence-electron chi connectivity index (χ1n) is 9.25. The highest BCUT2D eigenvalue weighted by Gasteiger charge is 2.31. The number of aromatic nitrogens is 2. The third-order valence-corrected chi connectivity index (χ3v) is 8.53. The maximum absolute atomic E-state index is 13.0. The second-order valence-corrected chi connectivity index (χ2v) is 11.7. The van der Waals surface area contributed by atoms with Gasteiger partial charge in [-0.05, 0) is 37.0 Å². The van der Waals surface area contributed by atoms with Crippen LogP contribution in [0.1, 0.15) is 23.2 Å². The predicted octanol–water partition coefficient (Wildman–Crippen LogP) is 1.31. The lowest BCUT2D eigenvalue weighted by atomic mass is 9.98. The molecule has 9 nitrogen and oxygen atoms in total. The normalized spacial score (nSPS) is 16.5. The number of hydrogen-bond donors (Lipinski definition) is 1. The van der Waals surface area contributed by atoms with Crippen molar-refractivity contribution in [3.8, 4) is 0 Å². The van der Waals surface area contributed by atoms with E-state index in [1.165, 1.54) is 22.6 Å². The summed E-state index contributed by atoms with van der Waals surface area (Å²) in [5.74, 6) is -0.0857. The highest BCUT2D eigenvalue weighted by molar-refractivity contribution is 7.91. The molecule has 0 spiro atoms. The molecule has 0 atom stereocenters. The number of aryl methyl sites for hydroxylation is 1. The molecular formula is C18H23ClN4O5S2. The van der Waals surface area contributed by atoms with Crippen LogP contribution in [0.5, 0.6) is 0 Å². The zero-order valence-corrected chi connectivity index (χ0v) is 19.0. The number of rotatable bonds is 6. The lowest BCUT2D eigenvalue weighted by Crippen LogP contribution is -2.41. The third-order valence-electron chi connectivity index (χ3n) is 5.04. The summed E-state index contributed by atoms with van der Waals surface area (Å²) < 4.78 is 52.4. The van der Waals surface area contributed by atoms with E-state index in [0.29, 0.717) is 24.9 Å². The van der Waals surface area contributed by atoms with Crippen molar-refractivity contribution >= 4 is 37.4 Å². The highest BCUT2D eigenvalue weighted by Crippen LogP contribution is 2.30. The first-order chi connectivity index (χ1) is 14.0. The van der Waals surface area contributed by atoms with Crippen molar-refractivity contribution in [3.63, 3.8) is 0 Å². The molecule has 164 valence electrons. The molecule has 1 amide bonds. The van der Waals surface area contributed by atoms with Gasteiger partial charge in [0, 0.05) is 39.1 Å². The van der Waals surface area contributed by atoms with Crippen LogP contribution in [0.15, 0.2) is 40.4 Å². The van der Waals surface area contributed by atoms with Crippen LogP contribution in [0.4, 0.5) is 0 Å². The molecule has 30 heavy (non-hydrogen) atoms. The van der Waals surface area contributed by atoms with Crippen molar-refractivity contribution in [1.82, 2.24) is 19.4 Å². The molecule has 1 aromatic carbocycles. The monoisotopic (exact) mass is 474 g/mol. The summed E-state index contributed by atoms with van der Waals surface area (Å²) in [6, 6.07) is 3.67. The molecule has 3 rings (SSSR count). The van der Waals surface area contributed by atoms with E-state index in [9.17, 15) is 21.6 Å². The molecule has 0 bridgehead atoms. The van der Waals surface area contributed by atoms with Crippen molar-refractivity contribution in [2.75, 3.05) is 25.9 Å². The Morgan fingerprint density at radius 2 is 1.90 bits per heavy atom. The maximum atomic E-state index is 13.0. The number of sulfonamides is 1. The number of nitrogens with one attached hydrogen (secondary N) is 1. The Morgan fingerprint density at radius 1 is 1.23 bits per heavy atom. The average Bonchev–Trinajstić information content (AvgIpc) is 3.12. The van der Waals surface area contributed by atoms with Crippen molar-refractivity contribution < 1.29 is 21.6 Å². The van der Waals surface area contributed by atoms with Crippen LogP contribution < -0.4 is 5.32 Å². The zero-order chi connectivity index (χ0) is 22.1. The summed E-state index contributed by atoms with van der Waals surface area (Å²) in [7, 11) is -5.77. The molecule has 0 aliphatic carbocycles. The first kappa shape index (κ1) is 22.7. The van der Waals surface area contributed by atoms with E-state index >= 15 is 0 Å². The molecule has 0 saturated carbocycles. The SMILES string of the molecule is Cn1cc(C(=O)NCC2CCN(S(=O)(=O)c3cc(S(C)(=O)=O)ccc3Cl)CC2)cn1. The Morgan fingerprint density at radius 3 is 2.47 bits per heavy atom. The molecule has 1 N–H and O–H groups in total. The lowest BCUT2D eigenvalue weighted by molar-refractivity contribution is 0.0941. The molecule has 2 aromatic rings. The summed E-state index contributed by atoms with van der Waals surface area (Å²) in [6.45, 7) is 0.955. The van der Waals surface area contributed by atoms with Gasteiger partial charge in [-0.1, -0.05) is 11.6 Å². The fraction of sp³-hybridized carbons (Fsp3) is 0.444. The summed E-state index contributed by atoms with van der Waals surface area (Å²) in [6.07, 6.45) is 5.25. The molecule has 0 radical (unpaired) electrons. The van der Waals surface area contributed by atoms with Crippen molar-refractivity contribution in [3.05, 3.63) is 41.2 Å². The maximum Gasteiger partial charge on any atom is 0.254 e. The second kappa shape index (κ2) is 8.66. The fourth-order valence-electron chi connectivity index (χ4n) is 3.28. The molecule has 1 aliphatic heterocycles. The van der Waals surface area contributed by atoms with E-state index in [2.05, 4.69) is 10.4 Å². The number of hydrogen-bond acceptors (Lipinski definition) is 6. The largest absolute Gasteiger partial charge is 0.352 e. The minimum Gasteiger partial charge on any atom is -0.352 e. The van der Waals surface area contributed by atoms with Gasteiger partial charge in [0.25, 0.3) is 5.91 Å². The smallest absolute Gasteiger partial charge is 0.254 e. The van der Waals surface area contributed by atoms with Crippen LogP contribution in [0.25, 0.3) is 0 Å². The van der Waals surface area contributed by atoms with Gasteiger partial charge >= 0.3 is 0 Å². The summed E-state index contributed by atoms with van der Waals surface area (Å²) in [5.41, 5.74) is 0.470. The highest BCUT2D eigenvalue weighted by atomic mass is 35.5. The van der Waals surface area contributed by atoms with Gasteiger partial charge in [0.2, 0.25) is 10.0 Å². The van der Waals surface area contributed by atoms with E-state index < -0.39 is 19.9 Å². The molecule has 1 fully saturated rings. The Kier molecular flexibility index (Phi) is 6.56. The van der Waals surface area contributed by atoms with Gasteiger partial charge in [-0.25, -0.2) is 16.8 Å². The van der Waals surface area contributed by atoms with Crippen molar-refractivity contribution in [2.24, 2.45) is 13.0 Å². The lowest BCUT2D eigenvalue weighted by Gasteiger charge is -2.31. The van der Waals surface area contributed by atoms with Crippen molar-refractivity contribution in [2.45, 2.75) is 22.6 Å². The number of piperidine rings is 1. The van der Waals surface area contributed by atoms with Crippen LogP contribution in [-0.2, 0) is 26.9 Å². The van der Waals surface area contributed by atoms with E-state index in [1.807, 2.05) is 0 Å². The number of amides is 1. The standard InChI is InChI=1S/C18H23ClN4O5S2/c1-22-12-14(11-21-22)18(24)20-10-13-5-7-23(8-6-13)30(27,28)17-9-15(29(2,25)26)3-4-16(17)19/h3-4,9,11-13H,5-8,10H2,1-2H3,(H,20,24). The summed E-state index contributed by atoms with van der Waals surface area (Å²) in [4.78, 5) is 11.8. The van der Waals surface area contributed by atoms with E-state index in [0.717, 1.165) is 12.3 Å². The van der Waals surface area contributed by atoms with Gasteiger partial charge in [0.05, 0.1) is 21.7 Å². The second-order valence-electron chi connectivity index (χ2n) is 7.32. The number of sulfone groups is 1. The molecule has 1 aliphatic rings. The number of carbonyl (C=O) groups is 1. The topological polar surface area (TPSA) is 118 Å². The Labute approximate surface area is 181 Å². The summed E-state index contributed by atoms with van der Waals surface area (Å²) in [5, 5.41) is 6.79. The van der Waals surface area contributed by atoms with Gasteiger partial charge in [0.1, 0.15) is 4.90 Å². The Balaban J connectivity index is 1.63. The molecule has 12 heteroatoms. The number of nitrogens with zero attached hydrogens (tertiary/aromatic N) is 3. The van der Waals surface area contributed by atoms with Gasteiger partial charge in [0.15, 0.2) is 9.84 Å². The van der Waals surface area contributed by atoms with Gasteiger partial charge < -0.3 is 5.32 Å². The molecule has 0 unspecified atom stereocenters. The van der Waals surface area contributed by atoms with Crippen LogP contribution >= 0.6 is 11.6 Å². The molecule has 1 aromatic heterocycles. The van der Waals surface area contributed by atoms with Gasteiger partial charge in [-0.3, -0.25) is 9.48 Å².